The average Bonchev–Trinajstić information content (AvgIpc) is 4.15. The molecule has 8 bridgehead atoms. The lowest BCUT2D eigenvalue weighted by molar-refractivity contribution is -0.121. The smallest absolute Gasteiger partial charge is 0.269 e. The number of carbonyl (C=O) groups is 2. The molecule has 2 aromatic carbocycles. The molecule has 73 heavy (non-hydrogen) atoms. The third kappa shape index (κ3) is 11.0. The summed E-state index contributed by atoms with van der Waals surface area (Å²) in [5, 5.41) is 23.7. The van der Waals surface area contributed by atoms with Crippen molar-refractivity contribution in [2.45, 2.75) is 132 Å². The molecule has 12 heteroatoms. The molecule has 1 saturated heterocycles. The second-order valence-electron chi connectivity index (χ2n) is 20.2. The molecular weight excluding hydrogens is 1020 g/mol. The Labute approximate surface area is 444 Å². The molecule has 1 aliphatic carbocycles. The summed E-state index contributed by atoms with van der Waals surface area (Å²) in [6.07, 6.45) is 16.6. The van der Waals surface area contributed by atoms with Crippen LogP contribution >= 0.6 is 22.6 Å². The van der Waals surface area contributed by atoms with E-state index in [1.54, 1.807) is 0 Å². The number of pyridine rings is 1. The van der Waals surface area contributed by atoms with Gasteiger partial charge in [-0.25, -0.2) is 20.0 Å². The zero-order chi connectivity index (χ0) is 51.3. The Morgan fingerprint density at radius 1 is 0.849 bits per heavy atom. The van der Waals surface area contributed by atoms with Gasteiger partial charge in [0.2, 0.25) is 5.91 Å². The summed E-state index contributed by atoms with van der Waals surface area (Å²) in [7, 11) is 0. The van der Waals surface area contributed by atoms with Crippen molar-refractivity contribution in [1.29, 1.82) is 0 Å². The van der Waals surface area contributed by atoms with E-state index in [0.717, 1.165) is 150 Å². The van der Waals surface area contributed by atoms with Crippen molar-refractivity contribution in [3.05, 3.63) is 155 Å². The van der Waals surface area contributed by atoms with Gasteiger partial charge in [0, 0.05) is 87.0 Å². The van der Waals surface area contributed by atoms with E-state index in [2.05, 4.69) is 110 Å². The molecule has 1 fully saturated rings. The average molecular weight is 1090 g/mol. The predicted octanol–water partition coefficient (Wildman–Crippen LogP) is 13.3. The molecule has 380 valence electrons. The number of carbonyl (C=O) groups excluding carboxylic acids is 2. The van der Waals surface area contributed by atoms with Gasteiger partial charge < -0.3 is 25.8 Å². The molecule has 1 aromatic heterocycles. The van der Waals surface area contributed by atoms with Gasteiger partial charge in [-0.2, -0.15) is 0 Å². The van der Waals surface area contributed by atoms with E-state index >= 15 is 0 Å². The van der Waals surface area contributed by atoms with Crippen LogP contribution in [0.15, 0.2) is 161 Å². The van der Waals surface area contributed by atoms with Gasteiger partial charge in [-0.1, -0.05) is 95.3 Å². The Bertz CT molecular complexity index is 3100. The number of unbranched alkanes of at least 4 members (excludes halogenated alkanes) is 6. The van der Waals surface area contributed by atoms with Crippen LogP contribution in [0.5, 0.6) is 0 Å². The molecule has 5 aliphatic heterocycles. The van der Waals surface area contributed by atoms with Gasteiger partial charge in [-0.05, 0) is 140 Å². The van der Waals surface area contributed by atoms with Crippen LogP contribution in [-0.4, -0.2) is 64.8 Å². The first-order valence-corrected chi connectivity index (χ1v) is 27.7. The Hall–Kier alpha value is -5.99. The molecule has 3 atom stereocenters. The molecule has 6 heterocycles. The number of nitrogens with zero attached hydrogens (tertiary/aromatic N) is 4. The van der Waals surface area contributed by atoms with Crippen LogP contribution in [0, 0.1) is 15.4 Å². The van der Waals surface area contributed by atoms with Gasteiger partial charge in [0.1, 0.15) is 11.5 Å². The molecule has 3 aromatic rings. The van der Waals surface area contributed by atoms with Crippen LogP contribution in [0.3, 0.4) is 0 Å². The third-order valence-corrected chi connectivity index (χ3v) is 16.3. The van der Waals surface area contributed by atoms with Crippen molar-refractivity contribution in [2.24, 2.45) is 26.8 Å². The highest BCUT2D eigenvalue weighted by Gasteiger charge is 2.41. The van der Waals surface area contributed by atoms with Gasteiger partial charge in [-0.15, -0.1) is 0 Å². The Morgan fingerprint density at radius 2 is 1.58 bits per heavy atom. The molecule has 4 N–H and O–H groups in total. The Kier molecular flexibility index (Phi) is 16.4. The third-order valence-electron chi connectivity index (χ3n) is 15.4. The van der Waals surface area contributed by atoms with E-state index in [1.807, 2.05) is 49.4 Å². The molecule has 0 spiro atoms. The molecule has 6 aliphatic rings. The monoisotopic (exact) mass is 1090 g/mol. The molecular formula is C61H70IN7O4. The van der Waals surface area contributed by atoms with Crippen LogP contribution in [-0.2, 0) is 9.53 Å². The number of aliphatic hydroxyl groups excluding tert-OH is 1. The number of rotatable bonds is 20. The summed E-state index contributed by atoms with van der Waals surface area (Å²) in [4.78, 5) is 47.6. The lowest BCUT2D eigenvalue weighted by atomic mass is 9.86. The first-order chi connectivity index (χ1) is 35.4. The predicted molar refractivity (Wildman–Crippen MR) is 305 cm³/mol. The molecule has 9 rings (SSSR count). The molecule has 11 nitrogen and oxygen atoms in total. The minimum atomic E-state index is -0.177. The number of benzene rings is 2. The second kappa shape index (κ2) is 23.1. The van der Waals surface area contributed by atoms with E-state index < -0.39 is 0 Å². The highest BCUT2D eigenvalue weighted by Crippen LogP contribution is 2.47. The number of nitrogens with one attached hydrogen (secondary N) is 3. The number of ether oxygens (including phenoxy) is 1. The number of aliphatic imine (C=N–C) groups is 3. The Balaban J connectivity index is 0.858. The molecule has 0 saturated carbocycles. The topological polar surface area (TPSA) is 150 Å². The standard InChI is InChI=1S/C61H70IN7O4/c1-8-10-11-20-29-73-39(7)56-37(5)49-32-48-36(4)42(58(67-48)45-31-54(70)57-38(6)50(68-60(45)57)33-51-41(9-2)35(3)47(65-51)34-52(56)66-49)25-26-55(71)63-27-18-12-13-19-28-64-61(72)53-30-40-21-14-15-22-43(40)59(69-53)44-23-16-17-24-46(44)62/h14-17,21-24,30,32-34,36,39,42,67,70H,8-13,18-20,25-29,31H2,1-7H3,(H,63,71)(H,64,72)/t36-,39?,42-/m0/s1. The Morgan fingerprint density at radius 3 is 2.36 bits per heavy atom. The summed E-state index contributed by atoms with van der Waals surface area (Å²) in [5.41, 5.74) is 16.7. The molecule has 2 amide bonds. The summed E-state index contributed by atoms with van der Waals surface area (Å²) in [6.45, 7) is 16.9. The van der Waals surface area contributed by atoms with Crippen LogP contribution in [0.2, 0.25) is 0 Å². The molecule has 1 unspecified atom stereocenters. The minimum Gasteiger partial charge on any atom is -0.511 e. The largest absolute Gasteiger partial charge is 0.511 e. The SMILES string of the molecule is CCCCCCOC(C)C1=C(C)C2=NC1=CC1=NC(=CC3=C(C)C4=C(O)CC(=C5NC(=C2)[C@@H](C)[C@@H]5CCC(=O)NCCCCCCNC(=O)c2cc5ccccc5c(-c5ccccc5I)n2)C4=N3)C(CC)=C1C. The number of hydrogen-bond donors (Lipinski definition) is 4. The summed E-state index contributed by atoms with van der Waals surface area (Å²) in [6, 6.07) is 18.0. The second-order valence-corrected chi connectivity index (χ2v) is 21.4. The maximum atomic E-state index is 13.6. The van der Waals surface area contributed by atoms with E-state index in [9.17, 15) is 14.7 Å². The number of fused-ring (bicyclic) bond motifs is 6. The summed E-state index contributed by atoms with van der Waals surface area (Å²) in [5.74, 6) is 0.200. The number of aliphatic hydroxyl groups is 1. The maximum Gasteiger partial charge on any atom is 0.269 e. The number of hydrogen-bond acceptors (Lipinski definition) is 9. The first kappa shape index (κ1) is 51.9. The number of amides is 2. The van der Waals surface area contributed by atoms with Gasteiger partial charge >= 0.3 is 0 Å². The van der Waals surface area contributed by atoms with Crippen molar-refractivity contribution in [2.75, 3.05) is 19.7 Å². The number of aromatic nitrogens is 1. The van der Waals surface area contributed by atoms with Crippen molar-refractivity contribution in [3.63, 3.8) is 0 Å². The van der Waals surface area contributed by atoms with Gasteiger partial charge in [0.15, 0.2) is 0 Å². The lowest BCUT2D eigenvalue weighted by Gasteiger charge is -2.18. The van der Waals surface area contributed by atoms with Gasteiger partial charge in [0.05, 0.1) is 46.0 Å². The van der Waals surface area contributed by atoms with Gasteiger partial charge in [0.25, 0.3) is 5.91 Å². The van der Waals surface area contributed by atoms with E-state index in [-0.39, 0.29) is 29.8 Å². The van der Waals surface area contributed by atoms with Crippen LogP contribution in [0.4, 0.5) is 0 Å². The zero-order valence-corrected chi connectivity index (χ0v) is 45.8. The fourth-order valence-corrected chi connectivity index (χ4v) is 11.8. The first-order valence-electron chi connectivity index (χ1n) is 26.6. The van der Waals surface area contributed by atoms with Crippen molar-refractivity contribution < 1.29 is 19.4 Å². The van der Waals surface area contributed by atoms with Crippen molar-refractivity contribution >= 4 is 62.3 Å². The van der Waals surface area contributed by atoms with Gasteiger partial charge in [-0.3, -0.25) is 9.59 Å². The van der Waals surface area contributed by atoms with Crippen LogP contribution < -0.4 is 16.0 Å². The summed E-state index contributed by atoms with van der Waals surface area (Å²) < 4.78 is 7.61. The van der Waals surface area contributed by atoms with E-state index in [1.165, 1.54) is 18.4 Å². The van der Waals surface area contributed by atoms with E-state index in [4.69, 9.17) is 24.7 Å². The fourth-order valence-electron chi connectivity index (χ4n) is 11.2. The van der Waals surface area contributed by atoms with Crippen molar-refractivity contribution in [1.82, 2.24) is 20.9 Å². The number of halogens is 1. The fraction of sp³-hybridized carbons (Fsp3) is 0.410. The quantitative estimate of drug-likeness (QED) is 0.0654. The normalized spacial score (nSPS) is 19.6. The lowest BCUT2D eigenvalue weighted by Crippen LogP contribution is -2.26. The zero-order valence-electron chi connectivity index (χ0n) is 43.6. The highest BCUT2D eigenvalue weighted by molar-refractivity contribution is 14.1. The maximum absolute atomic E-state index is 13.6. The van der Waals surface area contributed by atoms with E-state index in [0.29, 0.717) is 50.4 Å². The van der Waals surface area contributed by atoms with Crippen LogP contribution in [0.25, 0.3) is 22.0 Å². The van der Waals surface area contributed by atoms with Crippen LogP contribution in [0.1, 0.15) is 136 Å². The number of allylic oxidation sites excluding steroid dienone is 11. The highest BCUT2D eigenvalue weighted by atomic mass is 127. The molecule has 0 radical (unpaired) electrons. The van der Waals surface area contributed by atoms with Crippen molar-refractivity contribution in [3.8, 4) is 11.3 Å². The summed E-state index contributed by atoms with van der Waals surface area (Å²) >= 11 is 2.32. The minimum absolute atomic E-state index is 0.0149.